The number of rotatable bonds is 1. The second-order valence-electron chi connectivity index (χ2n) is 1.35. The Bertz CT molecular complexity index is 324. The third-order valence-electron chi connectivity index (χ3n) is 0.776. The van der Waals surface area contributed by atoms with Crippen molar-refractivity contribution in [1.82, 2.24) is 0 Å². The molecule has 0 aliphatic heterocycles. The van der Waals surface area contributed by atoms with Crippen molar-refractivity contribution in [3.63, 3.8) is 0 Å². The average molecular weight is 147 g/mol. The van der Waals surface area contributed by atoms with E-state index in [2.05, 4.69) is 0 Å². The highest BCUT2D eigenvalue weighted by atomic mass is 35.5. The van der Waals surface area contributed by atoms with E-state index in [4.69, 9.17) is 21.8 Å². The summed E-state index contributed by atoms with van der Waals surface area (Å²) in [6, 6.07) is -1.07. The van der Waals surface area contributed by atoms with E-state index in [0.717, 1.165) is 0 Å². The Morgan fingerprint density at radius 2 is 2.00 bits per heavy atom. The van der Waals surface area contributed by atoms with Crippen molar-refractivity contribution in [2.45, 2.75) is 0 Å². The molecule has 9 heavy (non-hydrogen) atoms. The molecular weight excluding hydrogens is 136 g/mol. The average Bonchev–Trinajstić information content (AvgIpc) is 2.13. The standard InChI is InChI=1S/C7H7ClO/c1-9-7-4-2-6(8)3-5-7/h2-5H,1H3/i2D,3D,4D,5D. The van der Waals surface area contributed by atoms with Crippen LogP contribution in [0.3, 0.4) is 0 Å². The second kappa shape index (κ2) is 2.74. The van der Waals surface area contributed by atoms with Gasteiger partial charge >= 0.3 is 0 Å². The molecule has 0 heterocycles. The van der Waals surface area contributed by atoms with Crippen molar-refractivity contribution >= 4 is 11.6 Å². The highest BCUT2D eigenvalue weighted by Crippen LogP contribution is 2.14. The van der Waals surface area contributed by atoms with Crippen LogP contribution in [-0.2, 0) is 0 Å². The van der Waals surface area contributed by atoms with Crippen LogP contribution in [-0.4, -0.2) is 7.11 Å². The van der Waals surface area contributed by atoms with Crippen LogP contribution in [0.4, 0.5) is 0 Å². The predicted octanol–water partition coefficient (Wildman–Crippen LogP) is 2.35. The summed E-state index contributed by atoms with van der Waals surface area (Å²) >= 11 is 5.55. The Labute approximate surface area is 64.8 Å². The van der Waals surface area contributed by atoms with Crippen molar-refractivity contribution in [3.8, 4) is 5.75 Å². The molecule has 0 N–H and O–H groups in total. The molecule has 0 aliphatic carbocycles. The van der Waals surface area contributed by atoms with Gasteiger partial charge in [-0.2, -0.15) is 0 Å². The van der Waals surface area contributed by atoms with Gasteiger partial charge in [-0.05, 0) is 24.2 Å². The normalized spacial score (nSPS) is 15.3. The predicted molar refractivity (Wildman–Crippen MR) is 38.0 cm³/mol. The summed E-state index contributed by atoms with van der Waals surface area (Å²) in [7, 11) is 1.29. The quantitative estimate of drug-likeness (QED) is 0.591. The minimum atomic E-state index is -0.278. The lowest BCUT2D eigenvalue weighted by atomic mass is 10.3. The molecule has 48 valence electrons. The molecule has 1 rings (SSSR count). The first-order valence-electron chi connectivity index (χ1n) is 4.30. The highest BCUT2D eigenvalue weighted by Gasteiger charge is 1.87. The van der Waals surface area contributed by atoms with Crippen molar-refractivity contribution in [2.75, 3.05) is 7.11 Å². The fraction of sp³-hybridized carbons (Fsp3) is 0.143. The van der Waals surface area contributed by atoms with Crippen molar-refractivity contribution < 1.29 is 10.2 Å². The van der Waals surface area contributed by atoms with E-state index in [1.807, 2.05) is 0 Å². The van der Waals surface area contributed by atoms with Gasteiger partial charge in [0.2, 0.25) is 0 Å². The Kier molecular flexibility index (Phi) is 0.892. The number of ether oxygens (including phenoxy) is 1. The lowest BCUT2D eigenvalue weighted by molar-refractivity contribution is 0.415. The molecule has 0 bridgehead atoms. The van der Waals surface area contributed by atoms with Gasteiger partial charge in [0.05, 0.1) is 12.6 Å². The van der Waals surface area contributed by atoms with E-state index in [0.29, 0.717) is 0 Å². The molecule has 1 aromatic carbocycles. The maximum atomic E-state index is 7.37. The lowest BCUT2D eigenvalue weighted by Gasteiger charge is -1.96. The summed E-state index contributed by atoms with van der Waals surface area (Å²) in [4.78, 5) is 0. The van der Waals surface area contributed by atoms with Crippen LogP contribution in [0, 0.1) is 0 Å². The van der Waals surface area contributed by atoms with Gasteiger partial charge in [-0.1, -0.05) is 11.6 Å². The van der Waals surface area contributed by atoms with Crippen LogP contribution in [0.15, 0.2) is 24.2 Å². The summed E-state index contributed by atoms with van der Waals surface area (Å²) in [5.74, 6) is -0.0839. The fourth-order valence-corrected chi connectivity index (χ4v) is 0.482. The number of methoxy groups -OCH3 is 1. The summed E-state index contributed by atoms with van der Waals surface area (Å²) in [6.07, 6.45) is 0. The Balaban J connectivity index is 3.56. The third kappa shape index (κ3) is 1.61. The molecule has 0 atom stereocenters. The highest BCUT2D eigenvalue weighted by molar-refractivity contribution is 6.30. The minimum Gasteiger partial charge on any atom is -0.497 e. The first-order valence-corrected chi connectivity index (χ1v) is 2.68. The van der Waals surface area contributed by atoms with E-state index in [9.17, 15) is 0 Å². The summed E-state index contributed by atoms with van der Waals surface area (Å²) < 4.78 is 34.1. The molecule has 0 saturated heterocycles. The monoisotopic (exact) mass is 146 g/mol. The van der Waals surface area contributed by atoms with Crippen LogP contribution >= 0.6 is 11.6 Å². The summed E-state index contributed by atoms with van der Waals surface area (Å²) in [6.45, 7) is 0. The molecule has 0 unspecified atom stereocenters. The van der Waals surface area contributed by atoms with Crippen molar-refractivity contribution in [3.05, 3.63) is 29.2 Å². The molecule has 0 amide bonds. The second-order valence-corrected chi connectivity index (χ2v) is 1.73. The van der Waals surface area contributed by atoms with Crippen LogP contribution in [0.25, 0.3) is 0 Å². The Morgan fingerprint density at radius 1 is 1.44 bits per heavy atom. The fourth-order valence-electron chi connectivity index (χ4n) is 0.388. The van der Waals surface area contributed by atoms with Gasteiger partial charge in [-0.25, -0.2) is 0 Å². The zero-order valence-corrected chi connectivity index (χ0v) is 5.54. The van der Waals surface area contributed by atoms with E-state index >= 15 is 0 Å². The van der Waals surface area contributed by atoms with Crippen molar-refractivity contribution in [1.29, 1.82) is 0 Å². The van der Waals surface area contributed by atoms with E-state index in [1.54, 1.807) is 0 Å². The van der Waals surface area contributed by atoms with Gasteiger partial charge in [0.15, 0.2) is 0 Å². The summed E-state index contributed by atoms with van der Waals surface area (Å²) in [5, 5.41) is -0.184. The molecule has 1 nitrogen and oxygen atoms in total. The largest absolute Gasteiger partial charge is 0.497 e. The van der Waals surface area contributed by atoms with Crippen LogP contribution < -0.4 is 4.74 Å². The number of hydrogen-bond acceptors (Lipinski definition) is 1. The molecule has 0 radical (unpaired) electrons. The molecule has 0 aromatic heterocycles. The van der Waals surface area contributed by atoms with Gasteiger partial charge in [0.1, 0.15) is 5.75 Å². The van der Waals surface area contributed by atoms with Gasteiger partial charge in [-0.15, -0.1) is 0 Å². The van der Waals surface area contributed by atoms with Crippen LogP contribution in [0.2, 0.25) is 5.02 Å². The summed E-state index contributed by atoms with van der Waals surface area (Å²) in [5.41, 5.74) is 0. The van der Waals surface area contributed by atoms with Crippen LogP contribution in [0.5, 0.6) is 5.75 Å². The Morgan fingerprint density at radius 3 is 2.44 bits per heavy atom. The number of halogens is 1. The Hall–Kier alpha value is -0.690. The first-order chi connectivity index (χ1) is 6.00. The van der Waals surface area contributed by atoms with Gasteiger partial charge in [0, 0.05) is 5.02 Å². The zero-order chi connectivity index (χ0) is 10.2. The maximum Gasteiger partial charge on any atom is 0.118 e. The minimum absolute atomic E-state index is 0.0839. The van der Waals surface area contributed by atoms with Gasteiger partial charge in [0.25, 0.3) is 0 Å². The molecule has 2 heteroatoms. The van der Waals surface area contributed by atoms with Crippen LogP contribution in [0.1, 0.15) is 5.48 Å². The molecule has 0 fully saturated rings. The molecule has 0 spiro atoms. The van der Waals surface area contributed by atoms with E-state index in [1.165, 1.54) is 7.11 Å². The molecule has 0 saturated carbocycles. The SMILES string of the molecule is [2H]c1c([2H])c(OC)c([2H])c([2H])c1Cl. The molecular formula is C7H7ClO. The van der Waals surface area contributed by atoms with E-state index < -0.39 is 0 Å². The lowest BCUT2D eigenvalue weighted by Crippen LogP contribution is -1.79. The van der Waals surface area contributed by atoms with Gasteiger partial charge in [-0.3, -0.25) is 0 Å². The maximum absolute atomic E-state index is 7.37. The number of benzene rings is 1. The molecule has 0 aliphatic rings. The zero-order valence-electron chi connectivity index (χ0n) is 8.79. The van der Waals surface area contributed by atoms with E-state index in [-0.39, 0.29) is 34.9 Å². The third-order valence-corrected chi connectivity index (χ3v) is 0.965. The smallest absolute Gasteiger partial charge is 0.118 e. The van der Waals surface area contributed by atoms with Gasteiger partial charge < -0.3 is 4.74 Å². The topological polar surface area (TPSA) is 9.23 Å². The first kappa shape index (κ1) is 2.93. The van der Waals surface area contributed by atoms with Crippen molar-refractivity contribution in [2.24, 2.45) is 0 Å². The number of hydrogen-bond donors (Lipinski definition) is 0. The molecule has 1 aromatic rings.